The average molecular weight is 458 g/mol. The zero-order valence-electron chi connectivity index (χ0n) is 12.1. The number of carbonyl (C=O) groups is 1. The summed E-state index contributed by atoms with van der Waals surface area (Å²) in [6, 6.07) is 2.78. The van der Waals surface area contributed by atoms with Crippen molar-refractivity contribution in [2.45, 2.75) is 26.6 Å². The summed E-state index contributed by atoms with van der Waals surface area (Å²) < 4.78 is 40.6. The molecule has 0 atom stereocenters. The minimum Gasteiger partial charge on any atom is -0.323 e. The third-order valence-electron chi connectivity index (χ3n) is 3.15. The van der Waals surface area contributed by atoms with E-state index in [4.69, 9.17) is 11.6 Å². The van der Waals surface area contributed by atoms with E-state index in [0.29, 0.717) is 0 Å². The van der Waals surface area contributed by atoms with Crippen molar-refractivity contribution in [3.8, 4) is 0 Å². The second kappa shape index (κ2) is 6.68. The summed E-state index contributed by atoms with van der Waals surface area (Å²) in [6.45, 7) is 3.52. The lowest BCUT2D eigenvalue weighted by atomic mass is 10.2. The fourth-order valence-corrected chi connectivity index (χ4v) is 2.50. The van der Waals surface area contributed by atoms with E-state index in [1.54, 1.807) is 0 Å². The highest BCUT2D eigenvalue weighted by atomic mass is 127. The maximum Gasteiger partial charge on any atom is 0.416 e. The van der Waals surface area contributed by atoms with Gasteiger partial charge in [0.05, 0.1) is 25.5 Å². The van der Waals surface area contributed by atoms with Gasteiger partial charge in [-0.05, 0) is 54.6 Å². The summed E-state index contributed by atoms with van der Waals surface area (Å²) in [5.74, 6) is -0.506. The van der Waals surface area contributed by atoms with E-state index >= 15 is 0 Å². The molecular formula is C14H12ClF3IN3O. The first-order valence-electron chi connectivity index (χ1n) is 6.45. The lowest BCUT2D eigenvalue weighted by Crippen LogP contribution is -2.21. The maximum absolute atomic E-state index is 12.7. The predicted molar refractivity (Wildman–Crippen MR) is 89.5 cm³/mol. The van der Waals surface area contributed by atoms with Gasteiger partial charge in [-0.15, -0.1) is 0 Å². The smallest absolute Gasteiger partial charge is 0.323 e. The first-order valence-corrected chi connectivity index (χ1v) is 7.91. The summed E-state index contributed by atoms with van der Waals surface area (Å²) in [6.07, 6.45) is -4.50. The Kier molecular flexibility index (Phi) is 5.24. The summed E-state index contributed by atoms with van der Waals surface area (Å²) in [5.41, 5.74) is 0.641. The van der Waals surface area contributed by atoms with E-state index in [1.807, 2.05) is 13.8 Å². The Bertz CT molecular complexity index is 758. The Morgan fingerprint density at radius 1 is 1.39 bits per heavy atom. The Hall–Kier alpha value is -1.29. The van der Waals surface area contributed by atoms with Gasteiger partial charge in [0.25, 0.3) is 0 Å². The Morgan fingerprint density at radius 2 is 2.04 bits per heavy atom. The highest BCUT2D eigenvalue weighted by Crippen LogP contribution is 2.33. The van der Waals surface area contributed by atoms with Crippen LogP contribution >= 0.6 is 34.2 Å². The molecule has 1 amide bonds. The molecule has 0 spiro atoms. The summed E-state index contributed by atoms with van der Waals surface area (Å²) >= 11 is 7.97. The van der Waals surface area contributed by atoms with Crippen LogP contribution in [0.5, 0.6) is 0 Å². The minimum atomic E-state index is -4.50. The second-order valence-electron chi connectivity index (χ2n) is 4.88. The van der Waals surface area contributed by atoms with Gasteiger partial charge >= 0.3 is 6.18 Å². The van der Waals surface area contributed by atoms with Crippen molar-refractivity contribution in [3.63, 3.8) is 0 Å². The minimum absolute atomic E-state index is 0.0364. The molecule has 23 heavy (non-hydrogen) atoms. The van der Waals surface area contributed by atoms with Gasteiger partial charge in [-0.3, -0.25) is 9.48 Å². The molecule has 4 nitrogen and oxygen atoms in total. The predicted octanol–water partition coefficient (Wildman–Crippen LogP) is 4.42. The van der Waals surface area contributed by atoms with Gasteiger partial charge in [0, 0.05) is 5.69 Å². The zero-order chi connectivity index (χ0) is 17.4. The van der Waals surface area contributed by atoms with Crippen LogP contribution in [0.4, 0.5) is 18.9 Å². The largest absolute Gasteiger partial charge is 0.416 e. The lowest BCUT2D eigenvalue weighted by Gasteiger charge is -2.12. The highest BCUT2D eigenvalue weighted by molar-refractivity contribution is 14.1. The topological polar surface area (TPSA) is 46.9 Å². The van der Waals surface area contributed by atoms with Crippen molar-refractivity contribution in [3.05, 3.63) is 43.7 Å². The fraction of sp³-hybridized carbons (Fsp3) is 0.286. The van der Waals surface area contributed by atoms with Crippen LogP contribution in [0.1, 0.15) is 17.0 Å². The number of hydrogen-bond donors (Lipinski definition) is 1. The SMILES string of the molecule is Cc1nn(CC(=O)Nc2cc(C(F)(F)F)ccc2Cl)c(C)c1I. The van der Waals surface area contributed by atoms with Crippen LogP contribution in [0, 0.1) is 17.4 Å². The van der Waals surface area contributed by atoms with Crippen molar-refractivity contribution in [1.29, 1.82) is 0 Å². The molecule has 0 saturated carbocycles. The van der Waals surface area contributed by atoms with Crippen molar-refractivity contribution in [1.82, 2.24) is 9.78 Å². The zero-order valence-corrected chi connectivity index (χ0v) is 15.0. The van der Waals surface area contributed by atoms with Crippen LogP contribution in [-0.2, 0) is 17.5 Å². The van der Waals surface area contributed by atoms with Crippen LogP contribution < -0.4 is 5.32 Å². The molecule has 0 fully saturated rings. The van der Waals surface area contributed by atoms with Gasteiger partial charge < -0.3 is 5.32 Å². The Balaban J connectivity index is 2.18. The summed E-state index contributed by atoms with van der Waals surface area (Å²) in [4.78, 5) is 12.1. The van der Waals surface area contributed by atoms with E-state index in [0.717, 1.165) is 33.2 Å². The maximum atomic E-state index is 12.7. The van der Waals surface area contributed by atoms with Crippen molar-refractivity contribution in [2.75, 3.05) is 5.32 Å². The molecule has 1 heterocycles. The quantitative estimate of drug-likeness (QED) is 0.694. The van der Waals surface area contributed by atoms with Gasteiger partial charge in [-0.25, -0.2) is 0 Å². The molecule has 124 valence electrons. The molecule has 0 aliphatic rings. The van der Waals surface area contributed by atoms with Crippen molar-refractivity contribution >= 4 is 45.8 Å². The van der Waals surface area contributed by atoms with Gasteiger partial charge in [0.2, 0.25) is 5.91 Å². The summed E-state index contributed by atoms with van der Waals surface area (Å²) in [5, 5.41) is 6.64. The standard InChI is InChI=1S/C14H12ClF3IN3O/c1-7-13(19)8(2)22(21-7)6-12(23)20-11-5-9(14(16,17)18)3-4-10(11)15/h3-5H,6H2,1-2H3,(H,20,23). The third kappa shape index (κ3) is 4.17. The molecule has 9 heteroatoms. The van der Waals surface area contributed by atoms with E-state index < -0.39 is 17.6 Å². The molecule has 0 unspecified atom stereocenters. The van der Waals surface area contributed by atoms with E-state index in [9.17, 15) is 18.0 Å². The van der Waals surface area contributed by atoms with Gasteiger partial charge in [-0.2, -0.15) is 18.3 Å². The number of carbonyl (C=O) groups excluding carboxylic acids is 1. The number of anilines is 1. The molecule has 1 aromatic carbocycles. The normalized spacial score (nSPS) is 11.6. The van der Waals surface area contributed by atoms with Crippen LogP contribution in [0.2, 0.25) is 5.02 Å². The number of nitrogens with one attached hydrogen (secondary N) is 1. The van der Waals surface area contributed by atoms with Gasteiger partial charge in [-0.1, -0.05) is 11.6 Å². The van der Waals surface area contributed by atoms with Gasteiger partial charge in [0.15, 0.2) is 0 Å². The molecule has 0 aliphatic heterocycles. The van der Waals surface area contributed by atoms with E-state index in [2.05, 4.69) is 33.0 Å². The van der Waals surface area contributed by atoms with Crippen molar-refractivity contribution < 1.29 is 18.0 Å². The second-order valence-corrected chi connectivity index (χ2v) is 6.37. The Morgan fingerprint density at radius 3 is 2.57 bits per heavy atom. The number of aromatic nitrogens is 2. The lowest BCUT2D eigenvalue weighted by molar-refractivity contribution is -0.137. The molecule has 0 radical (unpaired) electrons. The number of rotatable bonds is 3. The molecule has 1 N–H and O–H groups in total. The molecule has 1 aromatic heterocycles. The molecule has 0 saturated heterocycles. The summed E-state index contributed by atoms with van der Waals surface area (Å²) in [7, 11) is 0. The fourth-order valence-electron chi connectivity index (χ4n) is 1.95. The van der Waals surface area contributed by atoms with Crippen LogP contribution in [0.25, 0.3) is 0 Å². The molecule has 2 rings (SSSR count). The Labute approximate surface area is 149 Å². The third-order valence-corrected chi connectivity index (χ3v) is 5.05. The first-order chi connectivity index (χ1) is 10.6. The van der Waals surface area contributed by atoms with Crippen LogP contribution in [-0.4, -0.2) is 15.7 Å². The first kappa shape index (κ1) is 18.1. The number of amides is 1. The number of nitrogens with zero attached hydrogens (tertiary/aromatic N) is 2. The number of halogens is 5. The van der Waals surface area contributed by atoms with Crippen LogP contribution in [0.3, 0.4) is 0 Å². The van der Waals surface area contributed by atoms with Crippen LogP contribution in [0.15, 0.2) is 18.2 Å². The average Bonchev–Trinajstić information content (AvgIpc) is 2.67. The van der Waals surface area contributed by atoms with E-state index in [1.165, 1.54) is 4.68 Å². The van der Waals surface area contributed by atoms with E-state index in [-0.39, 0.29) is 17.3 Å². The molecular weight excluding hydrogens is 446 g/mol. The van der Waals surface area contributed by atoms with Crippen molar-refractivity contribution in [2.24, 2.45) is 0 Å². The number of benzene rings is 1. The van der Waals surface area contributed by atoms with Gasteiger partial charge in [0.1, 0.15) is 6.54 Å². The molecule has 0 bridgehead atoms. The number of hydrogen-bond acceptors (Lipinski definition) is 2. The monoisotopic (exact) mass is 457 g/mol. The number of alkyl halides is 3. The number of aryl methyl sites for hydroxylation is 1. The molecule has 0 aliphatic carbocycles. The molecule has 2 aromatic rings. The highest BCUT2D eigenvalue weighted by Gasteiger charge is 2.31.